The minimum absolute atomic E-state index is 0.478. The topological polar surface area (TPSA) is 138 Å². The molecule has 0 aliphatic heterocycles. The molecule has 0 aliphatic rings. The summed E-state index contributed by atoms with van der Waals surface area (Å²) in [5.74, 6) is -1.01. The predicted molar refractivity (Wildman–Crippen MR) is 95.9 cm³/mol. The SMILES string of the molecule is C=CC(=O)NC(C)(C)CS(=O)(=O)O.O=S(=O)(O)C=Cc1ccccc1. The lowest BCUT2D eigenvalue weighted by Crippen LogP contribution is -2.47. The van der Waals surface area contributed by atoms with Crippen LogP contribution in [0.25, 0.3) is 6.08 Å². The van der Waals surface area contributed by atoms with E-state index in [0.29, 0.717) is 0 Å². The van der Waals surface area contributed by atoms with Crippen molar-refractivity contribution in [3.63, 3.8) is 0 Å². The molecule has 0 saturated carbocycles. The zero-order chi connectivity index (χ0) is 19.7. The Balaban J connectivity index is 0.000000462. The van der Waals surface area contributed by atoms with Crippen LogP contribution in [0, 0.1) is 0 Å². The first kappa shape index (κ1) is 23.0. The van der Waals surface area contributed by atoms with Crippen LogP contribution in [-0.4, -0.2) is 43.1 Å². The van der Waals surface area contributed by atoms with E-state index in [0.717, 1.165) is 17.0 Å². The van der Waals surface area contributed by atoms with Gasteiger partial charge in [-0.05, 0) is 31.6 Å². The molecule has 8 nitrogen and oxygen atoms in total. The average molecular weight is 391 g/mol. The lowest BCUT2D eigenvalue weighted by atomic mass is 10.1. The zero-order valence-corrected chi connectivity index (χ0v) is 15.4. The van der Waals surface area contributed by atoms with Gasteiger partial charge in [0, 0.05) is 0 Å². The van der Waals surface area contributed by atoms with Gasteiger partial charge in [0.1, 0.15) is 0 Å². The van der Waals surface area contributed by atoms with E-state index in [2.05, 4.69) is 11.9 Å². The maximum atomic E-state index is 10.8. The molecule has 1 amide bonds. The Morgan fingerprint density at radius 2 is 1.68 bits per heavy atom. The second-order valence-electron chi connectivity index (χ2n) is 5.53. The van der Waals surface area contributed by atoms with Gasteiger partial charge in [0.2, 0.25) is 5.91 Å². The van der Waals surface area contributed by atoms with Crippen molar-refractivity contribution in [1.82, 2.24) is 5.32 Å². The highest BCUT2D eigenvalue weighted by atomic mass is 32.2. The lowest BCUT2D eigenvalue weighted by Gasteiger charge is -2.23. The number of rotatable bonds is 6. The number of carbonyl (C=O) groups is 1. The van der Waals surface area contributed by atoms with E-state index >= 15 is 0 Å². The van der Waals surface area contributed by atoms with E-state index in [4.69, 9.17) is 9.11 Å². The van der Waals surface area contributed by atoms with Crippen LogP contribution in [0.15, 0.2) is 48.4 Å². The minimum Gasteiger partial charge on any atom is -0.347 e. The number of nitrogens with one attached hydrogen (secondary N) is 1. The molecule has 0 spiro atoms. The molecule has 25 heavy (non-hydrogen) atoms. The molecule has 0 aliphatic carbocycles. The van der Waals surface area contributed by atoms with Gasteiger partial charge in [0.05, 0.1) is 16.7 Å². The second-order valence-corrected chi connectivity index (χ2v) is 8.29. The Hall–Kier alpha value is -2.01. The Kier molecular flexibility index (Phi) is 8.71. The summed E-state index contributed by atoms with van der Waals surface area (Å²) in [7, 11) is -8.09. The highest BCUT2D eigenvalue weighted by molar-refractivity contribution is 7.88. The van der Waals surface area contributed by atoms with Crippen LogP contribution in [0.1, 0.15) is 19.4 Å². The van der Waals surface area contributed by atoms with Gasteiger partial charge in [-0.15, -0.1) is 0 Å². The molecule has 0 heterocycles. The predicted octanol–water partition coefficient (Wildman–Crippen LogP) is 1.50. The second kappa shape index (κ2) is 9.47. The normalized spacial score (nSPS) is 12.2. The van der Waals surface area contributed by atoms with E-state index in [1.807, 2.05) is 6.07 Å². The smallest absolute Gasteiger partial charge is 0.287 e. The van der Waals surface area contributed by atoms with Crippen molar-refractivity contribution < 1.29 is 30.7 Å². The summed E-state index contributed by atoms with van der Waals surface area (Å²) in [6, 6.07) is 8.86. The standard InChI is InChI=1S/C8H8O3S.C7H13NO4S/c9-12(10,11)7-6-8-4-2-1-3-5-8;1-4-6(9)8-7(2,3)5-13(10,11)12/h1-7H,(H,9,10,11);4H,1,5H2,2-3H3,(H,8,9)(H,10,11,12). The summed E-state index contributed by atoms with van der Waals surface area (Å²) in [5, 5.41) is 3.12. The number of hydrogen-bond donors (Lipinski definition) is 3. The first-order valence-corrected chi connectivity index (χ1v) is 9.96. The van der Waals surface area contributed by atoms with Gasteiger partial charge < -0.3 is 5.32 Å². The minimum atomic E-state index is -4.08. The fourth-order valence-corrected chi connectivity index (χ4v) is 2.92. The Morgan fingerprint density at radius 3 is 2.08 bits per heavy atom. The molecule has 1 rings (SSSR count). The van der Waals surface area contributed by atoms with Crippen LogP contribution >= 0.6 is 0 Å². The Labute approximate surface area is 147 Å². The van der Waals surface area contributed by atoms with Gasteiger partial charge >= 0.3 is 0 Å². The van der Waals surface area contributed by atoms with Gasteiger partial charge in [0.15, 0.2) is 0 Å². The molecule has 0 radical (unpaired) electrons. The lowest BCUT2D eigenvalue weighted by molar-refractivity contribution is -0.117. The average Bonchev–Trinajstić information content (AvgIpc) is 2.43. The third kappa shape index (κ3) is 14.1. The van der Waals surface area contributed by atoms with Crippen LogP contribution in [0.4, 0.5) is 0 Å². The fraction of sp³-hybridized carbons (Fsp3) is 0.267. The number of hydrogen-bond acceptors (Lipinski definition) is 5. The molecule has 0 aromatic heterocycles. The van der Waals surface area contributed by atoms with Crippen LogP contribution < -0.4 is 5.32 Å². The first-order valence-electron chi connectivity index (χ1n) is 6.84. The van der Waals surface area contributed by atoms with E-state index in [-0.39, 0.29) is 0 Å². The number of carbonyl (C=O) groups excluding carboxylic acids is 1. The Bertz CT molecular complexity index is 811. The van der Waals surface area contributed by atoms with Crippen molar-refractivity contribution in [1.29, 1.82) is 0 Å². The molecule has 1 aromatic rings. The van der Waals surface area contributed by atoms with Crippen molar-refractivity contribution in [2.24, 2.45) is 0 Å². The van der Waals surface area contributed by atoms with Gasteiger partial charge in [-0.2, -0.15) is 16.8 Å². The molecule has 10 heteroatoms. The quantitative estimate of drug-likeness (QED) is 0.493. The monoisotopic (exact) mass is 391 g/mol. The summed E-state index contributed by atoms with van der Waals surface area (Å²) < 4.78 is 58.4. The van der Waals surface area contributed by atoms with Crippen molar-refractivity contribution >= 4 is 32.2 Å². The third-order valence-corrected chi connectivity index (χ3v) is 3.99. The van der Waals surface area contributed by atoms with Gasteiger partial charge in [0.25, 0.3) is 20.2 Å². The van der Waals surface area contributed by atoms with Gasteiger partial charge in [-0.3, -0.25) is 13.9 Å². The molecule has 0 bridgehead atoms. The van der Waals surface area contributed by atoms with Crippen LogP contribution in [0.3, 0.4) is 0 Å². The molecule has 0 atom stereocenters. The van der Waals surface area contributed by atoms with E-state index in [1.165, 1.54) is 19.9 Å². The van der Waals surface area contributed by atoms with E-state index < -0.39 is 37.4 Å². The van der Waals surface area contributed by atoms with Crippen LogP contribution in [-0.2, 0) is 25.0 Å². The first-order chi connectivity index (χ1) is 11.2. The van der Waals surface area contributed by atoms with E-state index in [1.54, 1.807) is 24.3 Å². The van der Waals surface area contributed by atoms with Crippen molar-refractivity contribution in [3.8, 4) is 0 Å². The molecule has 3 N–H and O–H groups in total. The van der Waals surface area contributed by atoms with Gasteiger partial charge in [-0.25, -0.2) is 0 Å². The third-order valence-electron chi connectivity index (χ3n) is 2.42. The summed E-state index contributed by atoms with van der Waals surface area (Å²) >= 11 is 0. The van der Waals surface area contributed by atoms with Crippen LogP contribution in [0.5, 0.6) is 0 Å². The number of amides is 1. The molecule has 0 fully saturated rings. The van der Waals surface area contributed by atoms with Crippen molar-refractivity contribution in [3.05, 3.63) is 54.0 Å². The molecule has 1 aromatic carbocycles. The summed E-state index contributed by atoms with van der Waals surface area (Å²) in [4.78, 5) is 10.8. The molecule has 0 saturated heterocycles. The summed E-state index contributed by atoms with van der Waals surface area (Å²) in [6.07, 6.45) is 2.36. The molecular weight excluding hydrogens is 370 g/mol. The highest BCUT2D eigenvalue weighted by Gasteiger charge is 2.25. The maximum absolute atomic E-state index is 10.8. The largest absolute Gasteiger partial charge is 0.347 e. The fourth-order valence-electron chi connectivity index (χ4n) is 1.61. The summed E-state index contributed by atoms with van der Waals surface area (Å²) in [6.45, 7) is 6.19. The maximum Gasteiger partial charge on any atom is 0.287 e. The number of benzene rings is 1. The molecule has 0 unspecified atom stereocenters. The van der Waals surface area contributed by atoms with E-state index in [9.17, 15) is 21.6 Å². The van der Waals surface area contributed by atoms with Crippen molar-refractivity contribution in [2.45, 2.75) is 19.4 Å². The highest BCUT2D eigenvalue weighted by Crippen LogP contribution is 2.05. The molecular formula is C15H21NO7S2. The Morgan fingerprint density at radius 1 is 1.16 bits per heavy atom. The van der Waals surface area contributed by atoms with Gasteiger partial charge in [-0.1, -0.05) is 36.9 Å². The zero-order valence-electron chi connectivity index (χ0n) is 13.8. The summed E-state index contributed by atoms with van der Waals surface area (Å²) in [5.41, 5.74) is -0.270. The van der Waals surface area contributed by atoms with Crippen LogP contribution in [0.2, 0.25) is 0 Å². The molecule has 140 valence electrons. The van der Waals surface area contributed by atoms with Crippen molar-refractivity contribution in [2.75, 3.05) is 5.75 Å².